The molecule has 0 atom stereocenters. The molecule has 5 nitrogen and oxygen atoms in total. The third kappa shape index (κ3) is 3.87. The van der Waals surface area contributed by atoms with Crippen molar-refractivity contribution in [2.75, 3.05) is 5.32 Å². The quantitative estimate of drug-likeness (QED) is 0.351. The fraction of sp³-hybridized carbons (Fsp3) is 0. The molecule has 0 fully saturated rings. The molecule has 0 saturated carbocycles. The average molecular weight is 401 g/mol. The summed E-state index contributed by atoms with van der Waals surface area (Å²) in [5.74, 6) is 0.140. The number of fused-ring (bicyclic) bond motifs is 1. The van der Waals surface area contributed by atoms with Gasteiger partial charge in [0.2, 0.25) is 0 Å². The van der Waals surface area contributed by atoms with Gasteiger partial charge in [-0.25, -0.2) is 0 Å². The highest BCUT2D eigenvalue weighted by Gasteiger charge is 2.03. The summed E-state index contributed by atoms with van der Waals surface area (Å²) in [6, 6.07) is 14.8. The van der Waals surface area contributed by atoms with E-state index in [1.54, 1.807) is 24.4 Å². The Labute approximate surface area is 152 Å². The molecule has 0 radical (unpaired) electrons. The van der Waals surface area contributed by atoms with Crippen molar-refractivity contribution in [3.05, 3.63) is 64.8 Å². The molecule has 0 aliphatic rings. The van der Waals surface area contributed by atoms with E-state index in [-0.39, 0.29) is 5.75 Å². The van der Waals surface area contributed by atoms with Crippen LogP contribution in [-0.2, 0) is 0 Å². The van der Waals surface area contributed by atoms with E-state index in [4.69, 9.17) is 12.2 Å². The smallest absolute Gasteiger partial charge is 0.191 e. The van der Waals surface area contributed by atoms with Crippen LogP contribution in [-0.4, -0.2) is 21.4 Å². The predicted molar refractivity (Wildman–Crippen MR) is 105 cm³/mol. The molecule has 2 aromatic carbocycles. The minimum absolute atomic E-state index is 0.140. The van der Waals surface area contributed by atoms with E-state index in [2.05, 4.69) is 36.8 Å². The van der Waals surface area contributed by atoms with Gasteiger partial charge in [-0.2, -0.15) is 5.10 Å². The fourth-order valence-corrected chi connectivity index (χ4v) is 2.69. The molecular weight excluding hydrogens is 388 g/mol. The van der Waals surface area contributed by atoms with Gasteiger partial charge in [-0.3, -0.25) is 10.4 Å². The second-order valence-electron chi connectivity index (χ2n) is 4.91. The van der Waals surface area contributed by atoms with Gasteiger partial charge in [0, 0.05) is 21.6 Å². The molecule has 0 saturated heterocycles. The van der Waals surface area contributed by atoms with Crippen LogP contribution in [0.15, 0.2) is 64.3 Å². The number of halogens is 1. The Bertz CT molecular complexity index is 924. The number of thiocarbonyl (C=S) groups is 1. The molecule has 1 heterocycles. The Morgan fingerprint density at radius 3 is 2.92 bits per heavy atom. The zero-order valence-electron chi connectivity index (χ0n) is 12.4. The maximum Gasteiger partial charge on any atom is 0.191 e. The molecular formula is C17H13BrN4OS. The van der Waals surface area contributed by atoms with E-state index in [1.807, 2.05) is 30.3 Å². The van der Waals surface area contributed by atoms with Gasteiger partial charge in [-0.15, -0.1) is 0 Å². The molecule has 0 unspecified atom stereocenters. The van der Waals surface area contributed by atoms with Crippen molar-refractivity contribution in [1.29, 1.82) is 0 Å². The molecule has 24 heavy (non-hydrogen) atoms. The van der Waals surface area contributed by atoms with Crippen molar-refractivity contribution in [3.63, 3.8) is 0 Å². The van der Waals surface area contributed by atoms with Gasteiger partial charge in [0.25, 0.3) is 0 Å². The minimum Gasteiger partial charge on any atom is -0.507 e. The number of nitrogens with one attached hydrogen (secondary N) is 2. The Morgan fingerprint density at radius 2 is 2.04 bits per heavy atom. The van der Waals surface area contributed by atoms with Crippen LogP contribution in [0, 0.1) is 0 Å². The van der Waals surface area contributed by atoms with E-state index in [0.29, 0.717) is 10.7 Å². The van der Waals surface area contributed by atoms with Crippen molar-refractivity contribution in [3.8, 4) is 5.75 Å². The van der Waals surface area contributed by atoms with Crippen LogP contribution < -0.4 is 10.7 Å². The van der Waals surface area contributed by atoms with Crippen molar-refractivity contribution in [2.45, 2.75) is 0 Å². The van der Waals surface area contributed by atoms with E-state index in [9.17, 15) is 5.11 Å². The van der Waals surface area contributed by atoms with Crippen LogP contribution in [0.2, 0.25) is 0 Å². The number of hydrogen-bond acceptors (Lipinski definition) is 4. The third-order valence-electron chi connectivity index (χ3n) is 3.24. The molecule has 1 aromatic heterocycles. The van der Waals surface area contributed by atoms with Crippen LogP contribution in [0.1, 0.15) is 5.56 Å². The molecule has 0 amide bonds. The number of hydrazone groups is 1. The number of pyridine rings is 1. The van der Waals surface area contributed by atoms with Crippen LogP contribution in [0.3, 0.4) is 0 Å². The van der Waals surface area contributed by atoms with Crippen LogP contribution >= 0.6 is 28.1 Å². The Balaban J connectivity index is 1.69. The first-order chi connectivity index (χ1) is 11.6. The van der Waals surface area contributed by atoms with E-state index >= 15 is 0 Å². The van der Waals surface area contributed by atoms with Gasteiger partial charge in [0.05, 0.1) is 17.4 Å². The SMILES string of the molecule is Oc1ccc(Br)cc1/C=N\NC(=S)Nc1cccc2cccnc12. The maximum atomic E-state index is 9.76. The monoisotopic (exact) mass is 400 g/mol. The molecule has 0 bridgehead atoms. The highest BCUT2D eigenvalue weighted by atomic mass is 79.9. The molecule has 0 spiro atoms. The standard InChI is InChI=1S/C17H13BrN4OS/c18-13-6-7-15(23)12(9-13)10-20-22-17(24)21-14-5-1-3-11-4-2-8-19-16(11)14/h1-10,23H,(H2,21,22,24)/b20-10-. The highest BCUT2D eigenvalue weighted by Crippen LogP contribution is 2.21. The molecule has 0 aliphatic carbocycles. The summed E-state index contributed by atoms with van der Waals surface area (Å²) in [5, 5.41) is 18.2. The summed E-state index contributed by atoms with van der Waals surface area (Å²) in [5.41, 5.74) is 4.93. The van der Waals surface area contributed by atoms with E-state index in [0.717, 1.165) is 21.1 Å². The number of rotatable bonds is 3. The average Bonchev–Trinajstić information content (AvgIpc) is 2.58. The van der Waals surface area contributed by atoms with E-state index < -0.39 is 0 Å². The summed E-state index contributed by atoms with van der Waals surface area (Å²) < 4.78 is 0.851. The summed E-state index contributed by atoms with van der Waals surface area (Å²) in [7, 11) is 0. The van der Waals surface area contributed by atoms with Crippen LogP contribution in [0.5, 0.6) is 5.75 Å². The predicted octanol–water partition coefficient (Wildman–Crippen LogP) is 4.02. The molecule has 0 aliphatic heterocycles. The number of phenolic OH excluding ortho intramolecular Hbond substituents is 1. The lowest BCUT2D eigenvalue weighted by Crippen LogP contribution is -2.24. The summed E-state index contributed by atoms with van der Waals surface area (Å²) in [4.78, 5) is 4.36. The van der Waals surface area contributed by atoms with Gasteiger partial charge in [-0.05, 0) is 42.5 Å². The molecule has 7 heteroatoms. The number of benzene rings is 2. The second-order valence-corrected chi connectivity index (χ2v) is 6.23. The van der Waals surface area contributed by atoms with Crippen LogP contribution in [0.4, 0.5) is 5.69 Å². The van der Waals surface area contributed by atoms with E-state index in [1.165, 1.54) is 6.21 Å². The normalized spacial score (nSPS) is 10.9. The molecule has 3 N–H and O–H groups in total. The molecule has 3 aromatic rings. The largest absolute Gasteiger partial charge is 0.507 e. The topological polar surface area (TPSA) is 69.5 Å². The second kappa shape index (κ2) is 7.37. The van der Waals surface area contributed by atoms with Gasteiger partial charge < -0.3 is 10.4 Å². The maximum absolute atomic E-state index is 9.76. The summed E-state index contributed by atoms with van der Waals surface area (Å²) in [6.07, 6.45) is 3.23. The lowest BCUT2D eigenvalue weighted by molar-refractivity contribution is 0.474. The molecule has 120 valence electrons. The number of hydrogen-bond donors (Lipinski definition) is 3. The number of nitrogens with zero attached hydrogens (tertiary/aromatic N) is 2. The number of anilines is 1. The number of para-hydroxylation sites is 1. The lowest BCUT2D eigenvalue weighted by atomic mass is 10.2. The first-order valence-corrected chi connectivity index (χ1v) is 8.26. The highest BCUT2D eigenvalue weighted by molar-refractivity contribution is 9.10. The molecule has 3 rings (SSSR count). The number of aromatic hydroxyl groups is 1. The fourth-order valence-electron chi connectivity index (χ4n) is 2.14. The van der Waals surface area contributed by atoms with Gasteiger partial charge in [-0.1, -0.05) is 34.1 Å². The van der Waals surface area contributed by atoms with Gasteiger partial charge in [0.15, 0.2) is 5.11 Å². The Hall–Kier alpha value is -2.51. The zero-order chi connectivity index (χ0) is 16.9. The first kappa shape index (κ1) is 16.4. The van der Waals surface area contributed by atoms with Crippen LogP contribution in [0.25, 0.3) is 10.9 Å². The Kier molecular flexibility index (Phi) is 5.02. The summed E-state index contributed by atoms with van der Waals surface area (Å²) >= 11 is 8.58. The van der Waals surface area contributed by atoms with Crippen molar-refractivity contribution < 1.29 is 5.11 Å². The van der Waals surface area contributed by atoms with Gasteiger partial charge in [0.1, 0.15) is 5.75 Å². The first-order valence-electron chi connectivity index (χ1n) is 7.06. The van der Waals surface area contributed by atoms with Gasteiger partial charge >= 0.3 is 0 Å². The van der Waals surface area contributed by atoms with Crippen molar-refractivity contribution in [1.82, 2.24) is 10.4 Å². The van der Waals surface area contributed by atoms with Crippen molar-refractivity contribution in [2.24, 2.45) is 5.10 Å². The lowest BCUT2D eigenvalue weighted by Gasteiger charge is -2.09. The summed E-state index contributed by atoms with van der Waals surface area (Å²) in [6.45, 7) is 0. The number of aromatic nitrogens is 1. The minimum atomic E-state index is 0.140. The Morgan fingerprint density at radius 1 is 1.21 bits per heavy atom. The van der Waals surface area contributed by atoms with Crippen molar-refractivity contribution >= 4 is 56.1 Å². The third-order valence-corrected chi connectivity index (χ3v) is 3.93. The zero-order valence-corrected chi connectivity index (χ0v) is 14.8. The number of phenols is 1.